The molecule has 2 aromatic heterocycles. The van der Waals surface area contributed by atoms with Gasteiger partial charge in [0.15, 0.2) is 0 Å². The molecule has 0 amide bonds. The van der Waals surface area contributed by atoms with E-state index in [1.165, 1.54) is 44.1 Å². The van der Waals surface area contributed by atoms with E-state index in [0.717, 1.165) is 45.6 Å². The van der Waals surface area contributed by atoms with Crippen LogP contribution in [-0.4, -0.2) is 46.6 Å². The number of hydrogen-bond donors (Lipinski definition) is 3. The number of hydrogen-bond acceptors (Lipinski definition) is 4. The second-order valence-corrected chi connectivity index (χ2v) is 11.9. The summed E-state index contributed by atoms with van der Waals surface area (Å²) in [6.07, 6.45) is 5.99. The molecule has 1 aliphatic rings. The maximum atomic E-state index is 9.39. The highest BCUT2D eigenvalue weighted by molar-refractivity contribution is 5.84. The molecule has 1 aliphatic carbocycles. The van der Waals surface area contributed by atoms with E-state index in [0.29, 0.717) is 12.6 Å². The van der Waals surface area contributed by atoms with Crippen molar-refractivity contribution in [2.24, 2.45) is 0 Å². The normalized spacial score (nSPS) is 16.0. The van der Waals surface area contributed by atoms with E-state index in [4.69, 9.17) is 4.74 Å². The Labute approximate surface area is 266 Å². The fourth-order valence-electron chi connectivity index (χ4n) is 6.06. The van der Waals surface area contributed by atoms with E-state index < -0.39 is 0 Å². The summed E-state index contributed by atoms with van der Waals surface area (Å²) in [5, 5.41) is 18.6. The smallest absolute Gasteiger partial charge is 0.0724 e. The molecular weight excluding hydrogens is 556 g/mol. The molecule has 6 heteroatoms. The lowest BCUT2D eigenvalue weighted by molar-refractivity contribution is 0.0620. The van der Waals surface area contributed by atoms with Crippen LogP contribution in [0.2, 0.25) is 0 Å². The lowest BCUT2D eigenvalue weighted by atomic mass is 9.89. The average molecular weight is 601 g/mol. The molecule has 0 radical (unpaired) electrons. The van der Waals surface area contributed by atoms with E-state index in [2.05, 4.69) is 141 Å². The SMILES string of the molecule is CNCCOCc1cccc2c1ccn2Cc1ccccc1.OC1CC(NCc2cccc3c2ccn3Cc2ccccc2)C1. The summed E-state index contributed by atoms with van der Waals surface area (Å²) in [5.41, 5.74) is 7.75. The summed E-state index contributed by atoms with van der Waals surface area (Å²) in [6, 6.07) is 38.9. The van der Waals surface area contributed by atoms with Crippen LogP contribution in [0.3, 0.4) is 0 Å². The Balaban J connectivity index is 0.000000159. The van der Waals surface area contributed by atoms with Crippen LogP contribution < -0.4 is 10.6 Å². The molecular formula is C39H44N4O2. The molecule has 6 nitrogen and oxygen atoms in total. The number of nitrogens with one attached hydrogen (secondary N) is 2. The van der Waals surface area contributed by atoms with Crippen LogP contribution in [-0.2, 0) is 31.0 Å². The molecule has 7 rings (SSSR count). The van der Waals surface area contributed by atoms with E-state index in [-0.39, 0.29) is 6.10 Å². The number of aromatic nitrogens is 2. The van der Waals surface area contributed by atoms with Gasteiger partial charge in [-0.1, -0.05) is 84.9 Å². The first kappa shape index (κ1) is 30.8. The van der Waals surface area contributed by atoms with Crippen molar-refractivity contribution in [3.8, 4) is 0 Å². The Bertz CT molecular complexity index is 1770. The molecule has 45 heavy (non-hydrogen) atoms. The minimum Gasteiger partial charge on any atom is -0.393 e. The van der Waals surface area contributed by atoms with Crippen molar-refractivity contribution in [3.05, 3.63) is 144 Å². The van der Waals surface area contributed by atoms with Crippen molar-refractivity contribution in [1.82, 2.24) is 19.8 Å². The number of aliphatic hydroxyl groups is 1. The molecule has 0 bridgehead atoms. The number of nitrogens with zero attached hydrogens (tertiary/aromatic N) is 2. The maximum absolute atomic E-state index is 9.39. The van der Waals surface area contributed by atoms with E-state index in [9.17, 15) is 5.11 Å². The van der Waals surface area contributed by atoms with E-state index in [1.807, 2.05) is 7.05 Å². The third kappa shape index (κ3) is 7.91. The Morgan fingerprint density at radius 3 is 1.80 bits per heavy atom. The van der Waals surface area contributed by atoms with Crippen molar-refractivity contribution < 1.29 is 9.84 Å². The zero-order valence-corrected chi connectivity index (χ0v) is 26.1. The Morgan fingerprint density at radius 1 is 0.689 bits per heavy atom. The second-order valence-electron chi connectivity index (χ2n) is 11.9. The third-order valence-electron chi connectivity index (χ3n) is 8.65. The average Bonchev–Trinajstić information content (AvgIpc) is 3.67. The van der Waals surface area contributed by atoms with Gasteiger partial charge in [0, 0.05) is 66.4 Å². The van der Waals surface area contributed by atoms with Crippen molar-refractivity contribution in [2.75, 3.05) is 20.2 Å². The molecule has 1 saturated carbocycles. The number of benzene rings is 4. The first-order valence-corrected chi connectivity index (χ1v) is 16.0. The highest BCUT2D eigenvalue weighted by atomic mass is 16.5. The monoisotopic (exact) mass is 600 g/mol. The van der Waals surface area contributed by atoms with Gasteiger partial charge in [-0.05, 0) is 66.4 Å². The van der Waals surface area contributed by atoms with Crippen LogP contribution in [0, 0.1) is 0 Å². The van der Waals surface area contributed by atoms with Crippen molar-refractivity contribution in [1.29, 1.82) is 0 Å². The summed E-state index contributed by atoms with van der Waals surface area (Å²) >= 11 is 0. The molecule has 6 aromatic rings. The number of rotatable bonds is 12. The summed E-state index contributed by atoms with van der Waals surface area (Å²) in [4.78, 5) is 0. The highest BCUT2D eigenvalue weighted by Crippen LogP contribution is 2.24. The number of ether oxygens (including phenoxy) is 1. The van der Waals surface area contributed by atoms with Gasteiger partial charge < -0.3 is 29.6 Å². The van der Waals surface area contributed by atoms with Gasteiger partial charge in [0.2, 0.25) is 0 Å². The first-order chi connectivity index (χ1) is 22.2. The topological polar surface area (TPSA) is 63.4 Å². The fourth-order valence-corrected chi connectivity index (χ4v) is 6.06. The van der Waals surface area contributed by atoms with Crippen LogP contribution in [0.5, 0.6) is 0 Å². The lowest BCUT2D eigenvalue weighted by Gasteiger charge is -2.32. The number of likely N-dealkylation sites (N-methyl/N-ethyl adjacent to an activating group) is 1. The Morgan fingerprint density at radius 2 is 1.24 bits per heavy atom. The van der Waals surface area contributed by atoms with Crippen molar-refractivity contribution >= 4 is 21.8 Å². The van der Waals surface area contributed by atoms with Crippen molar-refractivity contribution in [2.45, 2.75) is 51.2 Å². The van der Waals surface area contributed by atoms with Crippen LogP contribution in [0.15, 0.2) is 122 Å². The quantitative estimate of drug-likeness (QED) is 0.136. The fraction of sp³-hybridized carbons (Fsp3) is 0.282. The summed E-state index contributed by atoms with van der Waals surface area (Å²) < 4.78 is 10.3. The van der Waals surface area contributed by atoms with E-state index >= 15 is 0 Å². The molecule has 232 valence electrons. The molecule has 0 atom stereocenters. The second kappa shape index (κ2) is 15.2. The molecule has 2 heterocycles. The van der Waals surface area contributed by atoms with E-state index in [1.54, 1.807) is 0 Å². The zero-order valence-electron chi connectivity index (χ0n) is 26.1. The van der Waals surface area contributed by atoms with Gasteiger partial charge in [0.1, 0.15) is 0 Å². The Kier molecular flexibility index (Phi) is 10.4. The van der Waals surface area contributed by atoms with Gasteiger partial charge in [-0.15, -0.1) is 0 Å². The largest absolute Gasteiger partial charge is 0.393 e. The summed E-state index contributed by atoms with van der Waals surface area (Å²) in [7, 11) is 1.94. The van der Waals surface area contributed by atoms with Gasteiger partial charge in [-0.25, -0.2) is 0 Å². The first-order valence-electron chi connectivity index (χ1n) is 16.0. The van der Waals surface area contributed by atoms with Gasteiger partial charge in [0.25, 0.3) is 0 Å². The molecule has 0 saturated heterocycles. The van der Waals surface area contributed by atoms with Crippen LogP contribution in [0.4, 0.5) is 0 Å². The van der Waals surface area contributed by atoms with Gasteiger partial charge in [-0.2, -0.15) is 0 Å². The van der Waals surface area contributed by atoms with Crippen LogP contribution >= 0.6 is 0 Å². The molecule has 0 aliphatic heterocycles. The highest BCUT2D eigenvalue weighted by Gasteiger charge is 2.26. The maximum Gasteiger partial charge on any atom is 0.0724 e. The predicted octanol–water partition coefficient (Wildman–Crippen LogP) is 6.73. The van der Waals surface area contributed by atoms with Crippen LogP contribution in [0.1, 0.15) is 35.1 Å². The van der Waals surface area contributed by atoms with Crippen molar-refractivity contribution in [3.63, 3.8) is 0 Å². The number of aliphatic hydroxyl groups excluding tert-OH is 1. The van der Waals surface area contributed by atoms with Gasteiger partial charge >= 0.3 is 0 Å². The third-order valence-corrected chi connectivity index (χ3v) is 8.65. The minimum atomic E-state index is -0.102. The predicted molar refractivity (Wildman–Crippen MR) is 184 cm³/mol. The van der Waals surface area contributed by atoms with Crippen LogP contribution in [0.25, 0.3) is 21.8 Å². The molecule has 4 aromatic carbocycles. The molecule has 0 unspecified atom stereocenters. The standard InChI is InChI=1S/C20H22N2O.C19H22N2O/c23-18-11-17(12-18)21-13-16-7-4-8-20-19(16)9-10-22(20)14-15-5-2-1-3-6-15;1-20-11-13-22-15-17-8-5-9-19-18(17)10-12-21(19)14-16-6-3-2-4-7-16/h1-10,17-18,21,23H,11-14H2;2-10,12,20H,11,13-15H2,1H3. The summed E-state index contributed by atoms with van der Waals surface area (Å²) in [6.45, 7) is 4.94. The lowest BCUT2D eigenvalue weighted by Crippen LogP contribution is -2.43. The Hall–Kier alpha value is -4.20. The van der Waals surface area contributed by atoms with Gasteiger partial charge in [0.05, 0.1) is 19.3 Å². The molecule has 3 N–H and O–H groups in total. The molecule has 0 spiro atoms. The minimum absolute atomic E-state index is 0.102. The summed E-state index contributed by atoms with van der Waals surface area (Å²) in [5.74, 6) is 0. The van der Waals surface area contributed by atoms with Gasteiger partial charge in [-0.3, -0.25) is 0 Å². The zero-order chi connectivity index (χ0) is 30.8. The molecule has 1 fully saturated rings. The number of fused-ring (bicyclic) bond motifs is 2.